The molecular formula is C12H8BrNO4S. The van der Waals surface area contributed by atoms with E-state index in [9.17, 15) is 14.7 Å². The predicted octanol–water partition coefficient (Wildman–Crippen LogP) is 3.17. The molecule has 1 aromatic heterocycles. The molecule has 7 heteroatoms. The van der Waals surface area contributed by atoms with Crippen LogP contribution in [0, 0.1) is 0 Å². The highest BCUT2D eigenvalue weighted by Crippen LogP contribution is 2.27. The molecule has 0 spiro atoms. The van der Waals surface area contributed by atoms with Crippen molar-refractivity contribution in [1.29, 1.82) is 0 Å². The Morgan fingerprint density at radius 2 is 2.00 bits per heavy atom. The predicted molar refractivity (Wildman–Crippen MR) is 75.0 cm³/mol. The van der Waals surface area contributed by atoms with Gasteiger partial charge in [0.15, 0.2) is 0 Å². The highest BCUT2D eigenvalue weighted by Gasteiger charge is 2.14. The maximum atomic E-state index is 11.9. The van der Waals surface area contributed by atoms with Crippen LogP contribution in [0.3, 0.4) is 0 Å². The van der Waals surface area contributed by atoms with Crippen LogP contribution in [0.5, 0.6) is 5.75 Å². The van der Waals surface area contributed by atoms with E-state index in [1.165, 1.54) is 23.5 Å². The van der Waals surface area contributed by atoms with Crippen molar-refractivity contribution in [3.63, 3.8) is 0 Å². The molecule has 19 heavy (non-hydrogen) atoms. The van der Waals surface area contributed by atoms with Crippen molar-refractivity contribution in [2.24, 2.45) is 0 Å². The number of carboxylic acid groups (broad SMARTS) is 1. The topological polar surface area (TPSA) is 86.6 Å². The third-order valence-electron chi connectivity index (χ3n) is 2.32. The van der Waals surface area contributed by atoms with Crippen LogP contribution in [0.25, 0.3) is 0 Å². The number of halogens is 1. The number of thiophene rings is 1. The van der Waals surface area contributed by atoms with Crippen molar-refractivity contribution in [3.8, 4) is 5.75 Å². The molecule has 0 unspecified atom stereocenters. The van der Waals surface area contributed by atoms with Gasteiger partial charge in [0.1, 0.15) is 10.6 Å². The van der Waals surface area contributed by atoms with Crippen molar-refractivity contribution in [2.75, 3.05) is 5.32 Å². The molecule has 1 aromatic carbocycles. The number of benzene rings is 1. The summed E-state index contributed by atoms with van der Waals surface area (Å²) in [4.78, 5) is 23.1. The Labute approximate surface area is 120 Å². The number of phenolic OH excluding ortho intramolecular Hbond substituents is 1. The van der Waals surface area contributed by atoms with Crippen molar-refractivity contribution in [3.05, 3.63) is 44.6 Å². The van der Waals surface area contributed by atoms with Gasteiger partial charge in [-0.2, -0.15) is 0 Å². The smallest absolute Gasteiger partial charge is 0.335 e. The lowest BCUT2D eigenvalue weighted by molar-refractivity contribution is 0.0696. The van der Waals surface area contributed by atoms with Crippen molar-refractivity contribution in [2.45, 2.75) is 0 Å². The van der Waals surface area contributed by atoms with Crippen LogP contribution >= 0.6 is 27.3 Å². The number of carbonyl (C=O) groups is 2. The Morgan fingerprint density at radius 3 is 2.53 bits per heavy atom. The molecule has 98 valence electrons. The van der Waals surface area contributed by atoms with Gasteiger partial charge >= 0.3 is 5.97 Å². The van der Waals surface area contributed by atoms with E-state index >= 15 is 0 Å². The summed E-state index contributed by atoms with van der Waals surface area (Å²) in [7, 11) is 0. The van der Waals surface area contributed by atoms with Gasteiger partial charge in [-0.25, -0.2) is 4.79 Å². The summed E-state index contributed by atoms with van der Waals surface area (Å²) < 4.78 is 0.664. The molecule has 2 aromatic rings. The van der Waals surface area contributed by atoms with Gasteiger partial charge in [0, 0.05) is 4.47 Å². The first-order valence-corrected chi connectivity index (χ1v) is 6.77. The lowest BCUT2D eigenvalue weighted by Crippen LogP contribution is -2.11. The summed E-state index contributed by atoms with van der Waals surface area (Å²) in [6.45, 7) is 0. The van der Waals surface area contributed by atoms with Crippen LogP contribution < -0.4 is 5.32 Å². The Hall–Kier alpha value is -1.86. The zero-order valence-electron chi connectivity index (χ0n) is 9.38. The van der Waals surface area contributed by atoms with Gasteiger partial charge in [-0.1, -0.05) is 0 Å². The van der Waals surface area contributed by atoms with Gasteiger partial charge in [0.25, 0.3) is 5.91 Å². The van der Waals surface area contributed by atoms with Gasteiger partial charge in [0.05, 0.1) is 11.3 Å². The van der Waals surface area contributed by atoms with Crippen LogP contribution in [0.2, 0.25) is 0 Å². The molecule has 1 amide bonds. The minimum absolute atomic E-state index is 0.0483. The van der Waals surface area contributed by atoms with E-state index in [0.29, 0.717) is 9.35 Å². The first-order valence-electron chi connectivity index (χ1n) is 5.09. The number of rotatable bonds is 3. The molecule has 0 aliphatic carbocycles. The molecule has 0 saturated carbocycles. The van der Waals surface area contributed by atoms with Crippen LogP contribution in [0.15, 0.2) is 34.1 Å². The minimum atomic E-state index is -1.14. The van der Waals surface area contributed by atoms with Crippen molar-refractivity contribution >= 4 is 44.8 Å². The van der Waals surface area contributed by atoms with Crippen molar-refractivity contribution in [1.82, 2.24) is 0 Å². The molecule has 5 nitrogen and oxygen atoms in total. The van der Waals surface area contributed by atoms with Gasteiger partial charge < -0.3 is 15.5 Å². The first kappa shape index (κ1) is 13.6. The standard InChI is InChI=1S/C12H8BrNO4S/c13-7-3-4-19-10(7)11(16)14-8-2-1-6(12(17)18)5-9(8)15/h1-5,15H,(H,14,16)(H,17,18). The lowest BCUT2D eigenvalue weighted by atomic mass is 10.2. The van der Waals surface area contributed by atoms with Crippen LogP contribution in [0.1, 0.15) is 20.0 Å². The average Bonchev–Trinajstić information content (AvgIpc) is 2.77. The van der Waals surface area contributed by atoms with Crippen LogP contribution in [0.4, 0.5) is 5.69 Å². The van der Waals surface area contributed by atoms with Crippen molar-refractivity contribution < 1.29 is 19.8 Å². The van der Waals surface area contributed by atoms with E-state index in [1.54, 1.807) is 11.4 Å². The number of hydrogen-bond acceptors (Lipinski definition) is 4. The number of anilines is 1. The molecule has 0 radical (unpaired) electrons. The molecule has 0 fully saturated rings. The fraction of sp³-hybridized carbons (Fsp3) is 0. The quantitative estimate of drug-likeness (QED) is 0.748. The van der Waals surface area contributed by atoms with E-state index in [1.807, 2.05) is 0 Å². The van der Waals surface area contributed by atoms with E-state index in [-0.39, 0.29) is 22.9 Å². The normalized spacial score (nSPS) is 10.2. The van der Waals surface area contributed by atoms with Crippen LogP contribution in [-0.4, -0.2) is 22.1 Å². The second kappa shape index (κ2) is 5.41. The summed E-state index contributed by atoms with van der Waals surface area (Å²) in [5, 5.41) is 22.7. The van der Waals surface area contributed by atoms with E-state index in [0.717, 1.165) is 6.07 Å². The number of carboxylic acids is 1. The Kier molecular flexibility index (Phi) is 3.87. The summed E-state index contributed by atoms with van der Waals surface area (Å²) in [6, 6.07) is 5.48. The number of amides is 1. The third kappa shape index (κ3) is 2.94. The molecule has 2 rings (SSSR count). The molecule has 1 heterocycles. The first-order chi connectivity index (χ1) is 8.99. The number of aromatic hydroxyl groups is 1. The summed E-state index contributed by atoms with van der Waals surface area (Å²) in [6.07, 6.45) is 0. The van der Waals surface area contributed by atoms with Gasteiger partial charge in [0.2, 0.25) is 0 Å². The number of hydrogen-bond donors (Lipinski definition) is 3. The molecule has 0 atom stereocenters. The molecule has 0 bridgehead atoms. The second-order valence-corrected chi connectivity index (χ2v) is 5.36. The highest BCUT2D eigenvalue weighted by atomic mass is 79.9. The molecule has 0 saturated heterocycles. The minimum Gasteiger partial charge on any atom is -0.506 e. The largest absolute Gasteiger partial charge is 0.506 e. The van der Waals surface area contributed by atoms with E-state index < -0.39 is 5.97 Å². The van der Waals surface area contributed by atoms with Crippen LogP contribution in [-0.2, 0) is 0 Å². The fourth-order valence-electron chi connectivity index (χ4n) is 1.41. The fourth-order valence-corrected chi connectivity index (χ4v) is 2.85. The number of nitrogens with one attached hydrogen (secondary N) is 1. The number of aromatic carboxylic acids is 1. The SMILES string of the molecule is O=C(O)c1ccc(NC(=O)c2sccc2Br)c(O)c1. The maximum Gasteiger partial charge on any atom is 0.335 e. The molecule has 0 aliphatic heterocycles. The molecule has 3 N–H and O–H groups in total. The molecule has 0 aliphatic rings. The number of carbonyl (C=O) groups excluding carboxylic acids is 1. The van der Waals surface area contributed by atoms with Gasteiger partial charge in [-0.3, -0.25) is 4.79 Å². The zero-order valence-corrected chi connectivity index (χ0v) is 11.8. The second-order valence-electron chi connectivity index (χ2n) is 3.59. The average molecular weight is 342 g/mol. The number of phenols is 1. The zero-order chi connectivity index (χ0) is 14.0. The lowest BCUT2D eigenvalue weighted by Gasteiger charge is -2.07. The Morgan fingerprint density at radius 1 is 1.26 bits per heavy atom. The van der Waals surface area contributed by atoms with Gasteiger partial charge in [-0.15, -0.1) is 11.3 Å². The summed E-state index contributed by atoms with van der Waals surface area (Å²) in [5.41, 5.74) is 0.114. The Balaban J connectivity index is 2.23. The monoisotopic (exact) mass is 341 g/mol. The molecular weight excluding hydrogens is 334 g/mol. The van der Waals surface area contributed by atoms with E-state index in [2.05, 4.69) is 21.2 Å². The van der Waals surface area contributed by atoms with E-state index in [4.69, 9.17) is 5.11 Å². The third-order valence-corrected chi connectivity index (χ3v) is 4.15. The summed E-state index contributed by atoms with van der Waals surface area (Å²) in [5.74, 6) is -1.81. The Bertz CT molecular complexity index is 653. The van der Waals surface area contributed by atoms with Gasteiger partial charge in [-0.05, 0) is 45.6 Å². The summed E-state index contributed by atoms with van der Waals surface area (Å²) >= 11 is 4.49. The maximum absolute atomic E-state index is 11.9. The highest BCUT2D eigenvalue weighted by molar-refractivity contribution is 9.10.